The molecule has 9 rings (SSSR count). The second-order valence-corrected chi connectivity index (χ2v) is 20.7. The van der Waals surface area contributed by atoms with Crippen molar-refractivity contribution in [2.45, 2.75) is 102 Å². The van der Waals surface area contributed by atoms with Crippen molar-refractivity contribution < 1.29 is 9.47 Å². The van der Waals surface area contributed by atoms with Gasteiger partial charge in [0.15, 0.2) is 0 Å². The molecule has 2 saturated carbocycles. The average Bonchev–Trinajstić information content (AvgIpc) is 4.10. The number of hydrogen-bond acceptors (Lipinski definition) is 9. The predicted octanol–water partition coefficient (Wildman–Crippen LogP) is 15.0. The molecule has 0 N–H and O–H groups in total. The van der Waals surface area contributed by atoms with Gasteiger partial charge in [-0.1, -0.05) is 52.4 Å². The molecular weight excluding hydrogens is 801 g/mol. The molecule has 286 valence electrons. The van der Waals surface area contributed by atoms with Crippen molar-refractivity contribution in [3.8, 4) is 43.1 Å². The van der Waals surface area contributed by atoms with E-state index in [1.807, 2.05) is 58.3 Å². The highest BCUT2D eigenvalue weighted by Crippen LogP contribution is 2.73. The second-order valence-electron chi connectivity index (χ2n) is 15.4. The number of ether oxygens (including phenoxy) is 2. The van der Waals surface area contributed by atoms with Crippen LogP contribution in [0.3, 0.4) is 0 Å². The molecular formula is C46H40N4O2S5. The van der Waals surface area contributed by atoms with Gasteiger partial charge in [-0.25, -0.2) is 0 Å². The van der Waals surface area contributed by atoms with Gasteiger partial charge in [0, 0.05) is 46.0 Å². The minimum Gasteiger partial charge on any atom is -0.492 e. The van der Waals surface area contributed by atoms with Crippen LogP contribution < -0.4 is 9.47 Å². The quantitative estimate of drug-likeness (QED) is 0.104. The molecule has 5 heterocycles. The van der Waals surface area contributed by atoms with Gasteiger partial charge >= 0.3 is 5.82 Å². The zero-order chi connectivity index (χ0) is 39.3. The molecule has 0 bridgehead atoms. The van der Waals surface area contributed by atoms with Crippen molar-refractivity contribution in [2.75, 3.05) is 13.2 Å². The number of hydrogen-bond donors (Lipinski definition) is 0. The van der Waals surface area contributed by atoms with Crippen LogP contribution in [-0.2, 0) is 10.8 Å². The van der Waals surface area contributed by atoms with Crippen molar-refractivity contribution in [1.29, 1.82) is 10.5 Å². The zero-order valence-electron chi connectivity index (χ0n) is 32.0. The van der Waals surface area contributed by atoms with Crippen LogP contribution in [0, 0.1) is 35.8 Å². The maximum absolute atomic E-state index is 9.48. The highest BCUT2D eigenvalue weighted by atomic mass is 32.1. The number of nitrogens with zero attached hydrogens (tertiary/aromatic N) is 4. The van der Waals surface area contributed by atoms with Crippen LogP contribution in [0.1, 0.15) is 122 Å². The minimum atomic E-state index is -0.0223. The second kappa shape index (κ2) is 15.4. The molecule has 0 radical (unpaired) electrons. The Morgan fingerprint density at radius 1 is 0.684 bits per heavy atom. The van der Waals surface area contributed by atoms with Crippen LogP contribution in [0.15, 0.2) is 35.7 Å². The fourth-order valence-electron chi connectivity index (χ4n) is 9.74. The Hall–Kier alpha value is -4.46. The molecule has 2 spiro atoms. The van der Waals surface area contributed by atoms with Crippen LogP contribution in [0.4, 0.5) is 0 Å². The van der Waals surface area contributed by atoms with Gasteiger partial charge in [0.05, 0.1) is 32.5 Å². The first-order valence-corrected chi connectivity index (χ1v) is 24.0. The van der Waals surface area contributed by atoms with E-state index in [4.69, 9.17) is 22.6 Å². The Balaban J connectivity index is 1.21. The maximum atomic E-state index is 9.48. The molecule has 2 fully saturated rings. The zero-order valence-corrected chi connectivity index (χ0v) is 36.1. The summed E-state index contributed by atoms with van der Waals surface area (Å²) in [5.74, 6) is 1.75. The maximum Gasteiger partial charge on any atom is 0.520 e. The van der Waals surface area contributed by atoms with E-state index >= 15 is 0 Å². The number of nitriles is 2. The lowest BCUT2D eigenvalue weighted by Crippen LogP contribution is -2.28. The first kappa shape index (κ1) is 38.1. The summed E-state index contributed by atoms with van der Waals surface area (Å²) in [5, 5.41) is 19.0. The SMILES string of the molecule is [C-]#[N+]C(=Cc1cc(OCCC)c(-c2cc3c(s2)C2=C(c4sc5cc(-c6sc(C=C(C#N)C#N)cc6OCCC)sc5c4C24CCCCC4)C32CCCCC2)s1)[N+]#[C-]. The number of allylic oxidation sites excluding steroid dienone is 3. The van der Waals surface area contributed by atoms with Crippen molar-refractivity contribution in [2.24, 2.45) is 0 Å². The summed E-state index contributed by atoms with van der Waals surface area (Å²) in [7, 11) is 0. The highest BCUT2D eigenvalue weighted by Gasteiger charge is 2.59. The number of rotatable bonds is 10. The smallest absolute Gasteiger partial charge is 0.492 e. The molecule has 4 aliphatic carbocycles. The van der Waals surface area contributed by atoms with Gasteiger partial charge in [0.2, 0.25) is 0 Å². The van der Waals surface area contributed by atoms with Crippen LogP contribution in [-0.4, -0.2) is 13.2 Å². The van der Waals surface area contributed by atoms with Gasteiger partial charge < -0.3 is 9.47 Å². The van der Waals surface area contributed by atoms with E-state index < -0.39 is 0 Å². The van der Waals surface area contributed by atoms with E-state index in [0.29, 0.717) is 13.2 Å². The van der Waals surface area contributed by atoms with Gasteiger partial charge in [-0.2, -0.15) is 20.2 Å². The van der Waals surface area contributed by atoms with Gasteiger partial charge in [-0.15, -0.1) is 56.7 Å². The molecule has 5 aromatic rings. The van der Waals surface area contributed by atoms with Gasteiger partial charge in [-0.3, -0.25) is 0 Å². The van der Waals surface area contributed by atoms with E-state index in [-0.39, 0.29) is 22.2 Å². The van der Waals surface area contributed by atoms with E-state index in [9.17, 15) is 10.5 Å². The third-order valence-electron chi connectivity index (χ3n) is 12.0. The van der Waals surface area contributed by atoms with E-state index in [1.165, 1.54) is 98.7 Å². The first-order chi connectivity index (χ1) is 27.9. The largest absolute Gasteiger partial charge is 0.520 e. The molecule has 0 atom stereocenters. The number of fused-ring (bicyclic) bond motifs is 10. The summed E-state index contributed by atoms with van der Waals surface area (Å²) >= 11 is 9.11. The van der Waals surface area contributed by atoms with E-state index in [1.54, 1.807) is 51.5 Å². The Morgan fingerprint density at radius 3 is 1.82 bits per heavy atom. The fourth-order valence-corrected chi connectivity index (χ4v) is 16.4. The molecule has 11 heteroatoms. The molecule has 57 heavy (non-hydrogen) atoms. The summed E-state index contributed by atoms with van der Waals surface area (Å²) in [6, 6.07) is 12.9. The van der Waals surface area contributed by atoms with Crippen LogP contribution in [0.25, 0.3) is 61.9 Å². The van der Waals surface area contributed by atoms with Crippen molar-refractivity contribution >= 4 is 89.4 Å². The van der Waals surface area contributed by atoms with Crippen molar-refractivity contribution in [3.63, 3.8) is 0 Å². The monoisotopic (exact) mass is 840 g/mol. The third kappa shape index (κ3) is 6.14. The first-order valence-electron chi connectivity index (χ1n) is 19.9. The Labute approximate surface area is 354 Å². The standard InChI is InChI=1S/C46H40N4O2S5/c1-5-17-51-31-20-28(19-27(25-47)26-48)53-42(31)34-24-35-43(56-34)39-44(57-35)38-37(46(39)15-11-8-12-16-46)40-30(45(38)13-9-7-10-14-45)23-33(55-40)41-32(52-18-6-2)21-29(54-41)22-36(49-3)50-4/h19-24H,5-18H2,1-2H3. The normalized spacial score (nSPS) is 17.0. The van der Waals surface area contributed by atoms with Crippen LogP contribution in [0.5, 0.6) is 11.5 Å². The summed E-state index contributed by atoms with van der Waals surface area (Å²) in [6.07, 6.45) is 17.3. The average molecular weight is 841 g/mol. The van der Waals surface area contributed by atoms with Crippen molar-refractivity contribution in [3.05, 3.63) is 89.1 Å². The van der Waals surface area contributed by atoms with Crippen LogP contribution in [0.2, 0.25) is 0 Å². The highest BCUT2D eigenvalue weighted by molar-refractivity contribution is 7.32. The molecule has 5 aromatic heterocycles. The van der Waals surface area contributed by atoms with E-state index in [2.05, 4.69) is 35.7 Å². The lowest BCUT2D eigenvalue weighted by Gasteiger charge is -2.37. The summed E-state index contributed by atoms with van der Waals surface area (Å²) < 4.78 is 15.5. The van der Waals surface area contributed by atoms with Gasteiger partial charge in [0.1, 0.15) is 42.4 Å². The molecule has 0 unspecified atom stereocenters. The Bertz CT molecular complexity index is 2650. The molecule has 0 amide bonds. The molecule has 4 aliphatic rings. The van der Waals surface area contributed by atoms with Crippen molar-refractivity contribution in [1.82, 2.24) is 0 Å². The molecule has 0 saturated heterocycles. The van der Waals surface area contributed by atoms with Gasteiger partial charge in [-0.05, 0) is 91.1 Å². The van der Waals surface area contributed by atoms with E-state index in [0.717, 1.165) is 43.8 Å². The third-order valence-corrected chi connectivity index (χ3v) is 18.1. The lowest BCUT2D eigenvalue weighted by molar-refractivity contribution is 0.320. The molecule has 6 nitrogen and oxygen atoms in total. The summed E-state index contributed by atoms with van der Waals surface area (Å²) in [6.45, 7) is 20.4. The molecule has 0 aliphatic heterocycles. The molecule has 0 aromatic carbocycles. The topological polar surface area (TPSA) is 74.8 Å². The lowest BCUT2D eigenvalue weighted by atomic mass is 9.67. The Kier molecular flexibility index (Phi) is 10.3. The van der Waals surface area contributed by atoms with Gasteiger partial charge in [0.25, 0.3) is 0 Å². The van der Waals surface area contributed by atoms with Crippen LogP contribution >= 0.6 is 56.7 Å². The predicted molar refractivity (Wildman–Crippen MR) is 239 cm³/mol. The fraction of sp³-hybridized carbons (Fsp3) is 0.391. The summed E-state index contributed by atoms with van der Waals surface area (Å²) in [5.41, 5.74) is 6.46. The number of thiophene rings is 5. The Morgan fingerprint density at radius 2 is 1.25 bits per heavy atom. The summed E-state index contributed by atoms with van der Waals surface area (Å²) in [4.78, 5) is 16.3. The minimum absolute atomic E-state index is 0.00427.